The Balaban J connectivity index is 2.38. The van der Waals surface area contributed by atoms with E-state index in [1.165, 1.54) is 24.3 Å². The van der Waals surface area contributed by atoms with Gasteiger partial charge in [-0.15, -0.1) is 0 Å². The lowest BCUT2D eigenvalue weighted by molar-refractivity contribution is -0.136. The molecule has 2 aromatic rings. The summed E-state index contributed by atoms with van der Waals surface area (Å²) in [6.07, 6.45) is -4.54. The Bertz CT molecular complexity index is 661. The highest BCUT2D eigenvalue weighted by atomic mass is 19.4. The number of nitrogen functional groups attached to an aromatic ring is 1. The van der Waals surface area contributed by atoms with Gasteiger partial charge in [-0.1, -0.05) is 24.3 Å². The molecule has 0 aromatic heterocycles. The van der Waals surface area contributed by atoms with E-state index in [1.807, 2.05) is 0 Å². The van der Waals surface area contributed by atoms with Gasteiger partial charge in [0.05, 0.1) is 16.8 Å². The SMILES string of the molecule is Cc1cccc(N)c1C(=O)Nc1ccccc1C(F)(F)F. The van der Waals surface area contributed by atoms with Crippen LogP contribution in [0.25, 0.3) is 0 Å². The van der Waals surface area contributed by atoms with E-state index in [1.54, 1.807) is 19.1 Å². The fraction of sp³-hybridized carbons (Fsp3) is 0.133. The van der Waals surface area contributed by atoms with Crippen LogP contribution in [-0.4, -0.2) is 5.91 Å². The van der Waals surface area contributed by atoms with Crippen LogP contribution < -0.4 is 11.1 Å². The summed E-state index contributed by atoms with van der Waals surface area (Å²) in [5, 5.41) is 2.28. The van der Waals surface area contributed by atoms with Gasteiger partial charge in [-0.25, -0.2) is 0 Å². The second-order valence-corrected chi connectivity index (χ2v) is 4.54. The third-order valence-electron chi connectivity index (χ3n) is 3.01. The first-order chi connectivity index (χ1) is 9.80. The molecule has 0 fully saturated rings. The van der Waals surface area contributed by atoms with Crippen LogP contribution in [-0.2, 0) is 6.18 Å². The Kier molecular flexibility index (Phi) is 3.88. The number of alkyl halides is 3. The van der Waals surface area contributed by atoms with Crippen LogP contribution in [0.5, 0.6) is 0 Å². The Labute approximate surface area is 119 Å². The lowest BCUT2D eigenvalue weighted by Crippen LogP contribution is -2.18. The van der Waals surface area contributed by atoms with Crippen LogP contribution in [0.1, 0.15) is 21.5 Å². The van der Waals surface area contributed by atoms with Crippen LogP contribution in [0.4, 0.5) is 24.5 Å². The van der Waals surface area contributed by atoms with Gasteiger partial charge < -0.3 is 11.1 Å². The Morgan fingerprint density at radius 1 is 1.10 bits per heavy atom. The van der Waals surface area contributed by atoms with E-state index in [0.29, 0.717) is 5.56 Å². The van der Waals surface area contributed by atoms with Crippen molar-refractivity contribution in [2.24, 2.45) is 0 Å². The predicted octanol–water partition coefficient (Wildman–Crippen LogP) is 3.85. The number of carbonyl (C=O) groups is 1. The third kappa shape index (κ3) is 3.16. The highest BCUT2D eigenvalue weighted by Gasteiger charge is 2.33. The topological polar surface area (TPSA) is 55.1 Å². The molecule has 1 amide bonds. The molecule has 0 radical (unpaired) electrons. The van der Waals surface area contributed by atoms with Crippen LogP contribution in [0.2, 0.25) is 0 Å². The summed E-state index contributed by atoms with van der Waals surface area (Å²) < 4.78 is 38.7. The second-order valence-electron chi connectivity index (χ2n) is 4.54. The minimum atomic E-state index is -4.54. The van der Waals surface area contributed by atoms with E-state index in [4.69, 9.17) is 5.73 Å². The molecule has 0 spiro atoms. The Hall–Kier alpha value is -2.50. The van der Waals surface area contributed by atoms with E-state index in [-0.39, 0.29) is 16.9 Å². The molecular formula is C15H13F3N2O. The molecule has 21 heavy (non-hydrogen) atoms. The number of benzene rings is 2. The van der Waals surface area contributed by atoms with Crippen LogP contribution in [0, 0.1) is 6.92 Å². The maximum Gasteiger partial charge on any atom is 0.418 e. The van der Waals surface area contributed by atoms with E-state index in [9.17, 15) is 18.0 Å². The van der Waals surface area contributed by atoms with Crippen LogP contribution >= 0.6 is 0 Å². The maximum absolute atomic E-state index is 12.9. The van der Waals surface area contributed by atoms with Crippen molar-refractivity contribution in [1.82, 2.24) is 0 Å². The number of para-hydroxylation sites is 1. The average molecular weight is 294 g/mol. The van der Waals surface area contributed by atoms with Crippen molar-refractivity contribution < 1.29 is 18.0 Å². The number of anilines is 2. The van der Waals surface area contributed by atoms with Gasteiger partial charge in [-0.3, -0.25) is 4.79 Å². The summed E-state index contributed by atoms with van der Waals surface area (Å²) in [6.45, 7) is 1.67. The zero-order chi connectivity index (χ0) is 15.6. The van der Waals surface area contributed by atoms with Crippen molar-refractivity contribution in [3.05, 3.63) is 59.2 Å². The summed E-state index contributed by atoms with van der Waals surface area (Å²) in [5.41, 5.74) is 5.51. The standard InChI is InChI=1S/C15H13F3N2O/c1-9-5-4-7-11(19)13(9)14(21)20-12-8-3-2-6-10(12)15(16,17)18/h2-8H,19H2,1H3,(H,20,21). The number of nitrogens with two attached hydrogens (primary N) is 1. The minimum Gasteiger partial charge on any atom is -0.398 e. The average Bonchev–Trinajstić information content (AvgIpc) is 2.37. The van der Waals surface area contributed by atoms with Gasteiger partial charge in [0.2, 0.25) is 0 Å². The molecule has 2 rings (SSSR count). The van der Waals surface area contributed by atoms with Gasteiger partial charge in [0.1, 0.15) is 0 Å². The third-order valence-corrected chi connectivity index (χ3v) is 3.01. The summed E-state index contributed by atoms with van der Waals surface area (Å²) in [7, 11) is 0. The highest BCUT2D eigenvalue weighted by molar-refractivity contribution is 6.09. The molecule has 110 valence electrons. The number of nitrogens with one attached hydrogen (secondary N) is 1. The Morgan fingerprint density at radius 3 is 2.38 bits per heavy atom. The van der Waals surface area contributed by atoms with Gasteiger partial charge in [-0.05, 0) is 30.7 Å². The van der Waals surface area contributed by atoms with E-state index in [0.717, 1.165) is 6.07 Å². The summed E-state index contributed by atoms with van der Waals surface area (Å²) in [4.78, 5) is 12.2. The molecule has 0 heterocycles. The maximum atomic E-state index is 12.9. The lowest BCUT2D eigenvalue weighted by Gasteiger charge is -2.15. The van der Waals surface area contributed by atoms with Crippen molar-refractivity contribution in [3.63, 3.8) is 0 Å². The molecule has 0 aliphatic carbocycles. The number of amides is 1. The molecule has 0 unspecified atom stereocenters. The van der Waals surface area contributed by atoms with Crippen molar-refractivity contribution in [2.45, 2.75) is 13.1 Å². The molecule has 2 aromatic carbocycles. The highest BCUT2D eigenvalue weighted by Crippen LogP contribution is 2.35. The smallest absolute Gasteiger partial charge is 0.398 e. The summed E-state index contributed by atoms with van der Waals surface area (Å²) in [5.74, 6) is -0.665. The van der Waals surface area contributed by atoms with Crippen LogP contribution in [0.3, 0.4) is 0 Å². The molecule has 6 heteroatoms. The van der Waals surface area contributed by atoms with Gasteiger partial charge in [-0.2, -0.15) is 13.2 Å². The normalized spacial score (nSPS) is 11.2. The molecule has 0 aliphatic heterocycles. The van der Waals surface area contributed by atoms with Gasteiger partial charge in [0.15, 0.2) is 0 Å². The molecule has 3 N–H and O–H groups in total. The van der Waals surface area contributed by atoms with E-state index in [2.05, 4.69) is 5.32 Å². The van der Waals surface area contributed by atoms with E-state index >= 15 is 0 Å². The largest absolute Gasteiger partial charge is 0.418 e. The molecule has 3 nitrogen and oxygen atoms in total. The number of hydrogen-bond acceptors (Lipinski definition) is 2. The van der Waals surface area contributed by atoms with Crippen molar-refractivity contribution in [2.75, 3.05) is 11.1 Å². The summed E-state index contributed by atoms with van der Waals surface area (Å²) >= 11 is 0. The van der Waals surface area contributed by atoms with E-state index < -0.39 is 17.6 Å². The second kappa shape index (κ2) is 5.47. The first kappa shape index (κ1) is 14.9. The first-order valence-corrected chi connectivity index (χ1v) is 6.13. The molecular weight excluding hydrogens is 281 g/mol. The van der Waals surface area contributed by atoms with Gasteiger partial charge in [0, 0.05) is 5.69 Å². The number of carbonyl (C=O) groups excluding carboxylic acids is 1. The number of hydrogen-bond donors (Lipinski definition) is 2. The molecule has 0 atom stereocenters. The molecule has 0 saturated heterocycles. The lowest BCUT2D eigenvalue weighted by atomic mass is 10.1. The fourth-order valence-electron chi connectivity index (χ4n) is 2.02. The van der Waals surface area contributed by atoms with Crippen molar-refractivity contribution in [1.29, 1.82) is 0 Å². The minimum absolute atomic E-state index is 0.175. The predicted molar refractivity (Wildman–Crippen MR) is 75.0 cm³/mol. The molecule has 0 saturated carbocycles. The van der Waals surface area contributed by atoms with Crippen molar-refractivity contribution >= 4 is 17.3 Å². The van der Waals surface area contributed by atoms with Crippen molar-refractivity contribution in [3.8, 4) is 0 Å². The zero-order valence-electron chi connectivity index (χ0n) is 11.2. The number of halogens is 3. The zero-order valence-corrected chi connectivity index (χ0v) is 11.2. The molecule has 0 aliphatic rings. The monoisotopic (exact) mass is 294 g/mol. The van der Waals surface area contributed by atoms with Gasteiger partial charge in [0.25, 0.3) is 5.91 Å². The number of aryl methyl sites for hydroxylation is 1. The van der Waals surface area contributed by atoms with Crippen LogP contribution in [0.15, 0.2) is 42.5 Å². The molecule has 0 bridgehead atoms. The quantitative estimate of drug-likeness (QED) is 0.827. The van der Waals surface area contributed by atoms with Gasteiger partial charge >= 0.3 is 6.18 Å². The first-order valence-electron chi connectivity index (χ1n) is 6.13. The summed E-state index contributed by atoms with van der Waals surface area (Å²) in [6, 6.07) is 9.67. The Morgan fingerprint density at radius 2 is 1.76 bits per heavy atom. The fourth-order valence-corrected chi connectivity index (χ4v) is 2.02. The number of rotatable bonds is 2.